The van der Waals surface area contributed by atoms with Gasteiger partial charge in [-0.3, -0.25) is 4.90 Å². The Morgan fingerprint density at radius 1 is 1.00 bits per heavy atom. The number of aliphatic hydroxyl groups is 2. The van der Waals surface area contributed by atoms with Crippen LogP contribution in [0.1, 0.15) is 30.1 Å². The van der Waals surface area contributed by atoms with Crippen LogP contribution in [0.25, 0.3) is 0 Å². The fourth-order valence-corrected chi connectivity index (χ4v) is 4.86. The van der Waals surface area contributed by atoms with Crippen LogP contribution in [-0.2, 0) is 6.42 Å². The van der Waals surface area contributed by atoms with Gasteiger partial charge in [0.05, 0.1) is 11.7 Å². The van der Waals surface area contributed by atoms with Gasteiger partial charge >= 0.3 is 0 Å². The first-order valence-corrected chi connectivity index (χ1v) is 9.43. The normalized spacial score (nSPS) is 29.7. The van der Waals surface area contributed by atoms with Crippen molar-refractivity contribution in [2.75, 3.05) is 19.6 Å². The molecule has 3 unspecified atom stereocenters. The number of hydrogen-bond acceptors (Lipinski definition) is 3. The van der Waals surface area contributed by atoms with E-state index < -0.39 is 11.7 Å². The number of β-amino-alcohol motifs (C(OH)–C–C–N with tert-alkyl or cyclic N) is 1. The molecule has 0 amide bonds. The molecule has 1 aliphatic heterocycles. The van der Waals surface area contributed by atoms with Crippen LogP contribution in [0.15, 0.2) is 54.6 Å². The second-order valence-corrected chi connectivity index (χ2v) is 8.10. The lowest BCUT2D eigenvalue weighted by molar-refractivity contribution is 0.0328. The molecule has 1 saturated carbocycles. The van der Waals surface area contributed by atoms with E-state index >= 15 is 0 Å². The predicted octanol–water partition coefficient (Wildman–Crippen LogP) is 3.17. The van der Waals surface area contributed by atoms with Gasteiger partial charge in [0.15, 0.2) is 0 Å². The molecule has 3 nitrogen and oxygen atoms in total. The SMILES string of the molecule is OC(CN1CC2CC(O)(Cc3ccccc3)C[C@@H]2C1)c1ccc(F)cc1. The number of halogens is 1. The molecule has 4 atom stereocenters. The minimum Gasteiger partial charge on any atom is -0.390 e. The lowest BCUT2D eigenvalue weighted by Crippen LogP contribution is -2.33. The van der Waals surface area contributed by atoms with Crippen LogP contribution in [-0.4, -0.2) is 40.3 Å². The van der Waals surface area contributed by atoms with Crippen molar-refractivity contribution in [2.24, 2.45) is 11.8 Å². The Hall–Kier alpha value is -1.75. The second kappa shape index (κ2) is 7.10. The van der Waals surface area contributed by atoms with Crippen molar-refractivity contribution >= 4 is 0 Å². The van der Waals surface area contributed by atoms with Gasteiger partial charge in [-0.2, -0.15) is 0 Å². The van der Waals surface area contributed by atoms with Crippen molar-refractivity contribution < 1.29 is 14.6 Å². The zero-order chi connectivity index (χ0) is 18.1. The Morgan fingerprint density at radius 3 is 2.23 bits per heavy atom. The van der Waals surface area contributed by atoms with Gasteiger partial charge in [0.2, 0.25) is 0 Å². The third-order valence-corrected chi connectivity index (χ3v) is 6.00. The summed E-state index contributed by atoms with van der Waals surface area (Å²) in [6.07, 6.45) is 1.78. The summed E-state index contributed by atoms with van der Waals surface area (Å²) in [5.74, 6) is 0.697. The van der Waals surface area contributed by atoms with Crippen molar-refractivity contribution in [3.63, 3.8) is 0 Å². The van der Waals surface area contributed by atoms with E-state index in [0.29, 0.717) is 18.4 Å². The van der Waals surface area contributed by atoms with Gasteiger partial charge in [0.1, 0.15) is 5.82 Å². The van der Waals surface area contributed by atoms with Crippen LogP contribution < -0.4 is 0 Å². The van der Waals surface area contributed by atoms with Crippen LogP contribution in [0.2, 0.25) is 0 Å². The maximum absolute atomic E-state index is 13.0. The van der Waals surface area contributed by atoms with Gasteiger partial charge in [-0.25, -0.2) is 4.39 Å². The average molecular weight is 355 g/mol. The standard InChI is InChI=1S/C22H26FNO2/c23-20-8-6-17(7-9-20)21(25)15-24-13-18-11-22(26,12-19(18)14-24)10-16-4-2-1-3-5-16/h1-9,18-19,21,25-26H,10-15H2/t18-,19?,21?,22?/m1/s1. The van der Waals surface area contributed by atoms with Crippen molar-refractivity contribution in [3.05, 3.63) is 71.5 Å². The molecule has 2 N–H and O–H groups in total. The molecule has 138 valence electrons. The second-order valence-electron chi connectivity index (χ2n) is 8.10. The topological polar surface area (TPSA) is 43.7 Å². The Balaban J connectivity index is 1.32. The van der Waals surface area contributed by atoms with E-state index in [4.69, 9.17) is 0 Å². The number of nitrogens with zero attached hydrogens (tertiary/aromatic N) is 1. The highest BCUT2D eigenvalue weighted by atomic mass is 19.1. The minimum atomic E-state index is -0.599. The van der Waals surface area contributed by atoms with Gasteiger partial charge in [0, 0.05) is 26.1 Å². The largest absolute Gasteiger partial charge is 0.390 e. The highest BCUT2D eigenvalue weighted by Gasteiger charge is 2.48. The first-order valence-electron chi connectivity index (χ1n) is 9.43. The first-order chi connectivity index (χ1) is 12.5. The molecular formula is C22H26FNO2. The molecule has 0 radical (unpaired) electrons. The van der Waals surface area contributed by atoms with E-state index in [1.165, 1.54) is 17.7 Å². The van der Waals surface area contributed by atoms with Crippen LogP contribution in [0.4, 0.5) is 4.39 Å². The molecule has 0 aromatic heterocycles. The van der Waals surface area contributed by atoms with E-state index in [1.807, 2.05) is 18.2 Å². The van der Waals surface area contributed by atoms with Crippen LogP contribution in [0.5, 0.6) is 0 Å². The molecule has 2 aromatic carbocycles. The third-order valence-electron chi connectivity index (χ3n) is 6.00. The van der Waals surface area contributed by atoms with E-state index in [9.17, 15) is 14.6 Å². The van der Waals surface area contributed by atoms with Crippen molar-refractivity contribution in [3.8, 4) is 0 Å². The van der Waals surface area contributed by atoms with Gasteiger partial charge in [-0.1, -0.05) is 42.5 Å². The highest BCUT2D eigenvalue weighted by Crippen LogP contribution is 2.45. The molecule has 4 heteroatoms. The Labute approximate surface area is 154 Å². The molecule has 4 rings (SSSR count). The predicted molar refractivity (Wildman–Crippen MR) is 99.1 cm³/mol. The Morgan fingerprint density at radius 2 is 1.62 bits per heavy atom. The molecule has 26 heavy (non-hydrogen) atoms. The maximum Gasteiger partial charge on any atom is 0.123 e. The molecule has 1 saturated heterocycles. The Kier molecular flexibility index (Phi) is 4.82. The number of hydrogen-bond donors (Lipinski definition) is 2. The Bertz CT molecular complexity index is 720. The van der Waals surface area contributed by atoms with E-state index in [-0.39, 0.29) is 5.82 Å². The van der Waals surface area contributed by atoms with Gasteiger partial charge in [-0.05, 0) is 47.9 Å². The molecule has 2 fully saturated rings. The lowest BCUT2D eigenvalue weighted by atomic mass is 9.91. The first kappa shape index (κ1) is 17.7. The molecular weight excluding hydrogens is 329 g/mol. The maximum atomic E-state index is 13.0. The molecule has 1 aliphatic carbocycles. The molecule has 2 aromatic rings. The van der Waals surface area contributed by atoms with Crippen LogP contribution in [0.3, 0.4) is 0 Å². The summed E-state index contributed by atoms with van der Waals surface area (Å²) < 4.78 is 13.0. The van der Waals surface area contributed by atoms with Crippen LogP contribution >= 0.6 is 0 Å². The number of likely N-dealkylation sites (tertiary alicyclic amines) is 1. The van der Waals surface area contributed by atoms with Gasteiger partial charge < -0.3 is 10.2 Å². The van der Waals surface area contributed by atoms with Crippen LogP contribution in [0, 0.1) is 17.7 Å². The summed E-state index contributed by atoms with van der Waals surface area (Å²) in [6, 6.07) is 16.3. The highest BCUT2D eigenvalue weighted by molar-refractivity contribution is 5.20. The minimum absolute atomic E-state index is 0.283. The van der Waals surface area contributed by atoms with Gasteiger partial charge in [0.25, 0.3) is 0 Å². The molecule has 2 aliphatic rings. The fraction of sp³-hybridized carbons (Fsp3) is 0.455. The molecule has 0 bridgehead atoms. The lowest BCUT2D eigenvalue weighted by Gasteiger charge is -2.27. The average Bonchev–Trinajstić information content (AvgIpc) is 3.10. The smallest absolute Gasteiger partial charge is 0.123 e. The molecule has 0 spiro atoms. The summed E-state index contributed by atoms with van der Waals surface area (Å²) in [4.78, 5) is 2.28. The zero-order valence-electron chi connectivity index (χ0n) is 14.9. The summed E-state index contributed by atoms with van der Waals surface area (Å²) in [7, 11) is 0. The van der Waals surface area contributed by atoms with Crippen molar-refractivity contribution in [1.82, 2.24) is 4.90 Å². The number of rotatable bonds is 5. The van der Waals surface area contributed by atoms with E-state index in [0.717, 1.165) is 37.9 Å². The monoisotopic (exact) mass is 355 g/mol. The van der Waals surface area contributed by atoms with Crippen molar-refractivity contribution in [2.45, 2.75) is 31.0 Å². The zero-order valence-corrected chi connectivity index (χ0v) is 14.9. The van der Waals surface area contributed by atoms with E-state index in [2.05, 4.69) is 17.0 Å². The quantitative estimate of drug-likeness (QED) is 0.866. The van der Waals surface area contributed by atoms with Gasteiger partial charge in [-0.15, -0.1) is 0 Å². The fourth-order valence-electron chi connectivity index (χ4n) is 4.86. The van der Waals surface area contributed by atoms with E-state index in [1.54, 1.807) is 12.1 Å². The summed E-state index contributed by atoms with van der Waals surface area (Å²) in [5, 5.41) is 21.4. The summed E-state index contributed by atoms with van der Waals surface area (Å²) in [6.45, 7) is 2.40. The number of benzene rings is 2. The molecule has 1 heterocycles. The summed E-state index contributed by atoms with van der Waals surface area (Å²) >= 11 is 0. The van der Waals surface area contributed by atoms with Crippen molar-refractivity contribution in [1.29, 1.82) is 0 Å². The number of fused-ring (bicyclic) bond motifs is 1. The summed E-state index contributed by atoms with van der Waals surface area (Å²) in [5.41, 5.74) is 1.35. The third kappa shape index (κ3) is 3.83. The number of aliphatic hydroxyl groups excluding tert-OH is 1.